The first-order valence-electron chi connectivity index (χ1n) is 2.48. The quantitative estimate of drug-likeness (QED) is 0.443. The van der Waals surface area contributed by atoms with Crippen LogP contribution in [0.15, 0.2) is 17.3 Å². The molecule has 0 spiro atoms. The van der Waals surface area contributed by atoms with Gasteiger partial charge in [0, 0.05) is 6.20 Å². The highest BCUT2D eigenvalue weighted by Crippen LogP contribution is 1.87. The van der Waals surface area contributed by atoms with Crippen LogP contribution < -0.4 is 5.32 Å². The van der Waals surface area contributed by atoms with E-state index in [0.717, 1.165) is 0 Å². The molecule has 0 aromatic heterocycles. The van der Waals surface area contributed by atoms with E-state index in [0.29, 0.717) is 6.54 Å². The Hall–Kier alpha value is -0.830. The van der Waals surface area contributed by atoms with Crippen molar-refractivity contribution in [3.8, 4) is 0 Å². The number of aliphatic hydroxyl groups excluding tert-OH is 1. The van der Waals surface area contributed by atoms with Gasteiger partial charge in [0.25, 0.3) is 0 Å². The molecule has 0 saturated heterocycles. The van der Waals surface area contributed by atoms with Crippen molar-refractivity contribution in [1.29, 1.82) is 0 Å². The Morgan fingerprint density at radius 2 is 2.62 bits per heavy atom. The lowest BCUT2D eigenvalue weighted by Gasteiger charge is -1.93. The van der Waals surface area contributed by atoms with Crippen molar-refractivity contribution in [1.82, 2.24) is 5.32 Å². The summed E-state index contributed by atoms with van der Waals surface area (Å²) in [5.74, 6) is 0. The van der Waals surface area contributed by atoms with Crippen molar-refractivity contribution in [3.05, 3.63) is 12.3 Å². The Bertz CT molecular complexity index is 120. The summed E-state index contributed by atoms with van der Waals surface area (Å²) < 4.78 is 0. The first-order chi connectivity index (χ1) is 3.89. The van der Waals surface area contributed by atoms with E-state index in [9.17, 15) is 0 Å². The minimum Gasteiger partial charge on any atom is -0.387 e. The summed E-state index contributed by atoms with van der Waals surface area (Å²) in [5.41, 5.74) is 0. The van der Waals surface area contributed by atoms with Gasteiger partial charge in [-0.25, -0.2) is 0 Å². The van der Waals surface area contributed by atoms with Crippen molar-refractivity contribution >= 4 is 6.34 Å². The van der Waals surface area contributed by atoms with Crippen molar-refractivity contribution in [2.24, 2.45) is 4.99 Å². The molecule has 1 aliphatic rings. The highest BCUT2D eigenvalue weighted by atomic mass is 16.3. The van der Waals surface area contributed by atoms with Crippen LogP contribution in [0.2, 0.25) is 0 Å². The van der Waals surface area contributed by atoms with Gasteiger partial charge < -0.3 is 10.4 Å². The fourth-order valence-electron chi connectivity index (χ4n) is 0.484. The van der Waals surface area contributed by atoms with Crippen molar-refractivity contribution in [2.75, 3.05) is 6.54 Å². The van der Waals surface area contributed by atoms with Gasteiger partial charge in [0.2, 0.25) is 0 Å². The van der Waals surface area contributed by atoms with Crippen LogP contribution >= 0.6 is 0 Å². The second-order valence-corrected chi connectivity index (χ2v) is 1.59. The lowest BCUT2D eigenvalue weighted by molar-refractivity contribution is 0.232. The second-order valence-electron chi connectivity index (χ2n) is 1.59. The van der Waals surface area contributed by atoms with E-state index in [1.54, 1.807) is 18.6 Å². The standard InChI is InChI=1S/C5H8N2O/c8-5-1-2-6-4-7-3-5/h1-2,4-5,8H,3H2,(H,6,7)/t5-/m1/s1. The Balaban J connectivity index is 2.48. The Labute approximate surface area is 47.7 Å². The second kappa shape index (κ2) is 2.47. The largest absolute Gasteiger partial charge is 0.387 e. The minimum atomic E-state index is -0.416. The predicted molar refractivity (Wildman–Crippen MR) is 31.6 cm³/mol. The zero-order chi connectivity index (χ0) is 5.82. The molecule has 0 bridgehead atoms. The average molecular weight is 112 g/mol. The maximum atomic E-state index is 8.85. The molecule has 1 atom stereocenters. The Morgan fingerprint density at radius 1 is 1.75 bits per heavy atom. The summed E-state index contributed by atoms with van der Waals surface area (Å²) in [4.78, 5) is 3.80. The summed E-state index contributed by atoms with van der Waals surface area (Å²) in [6.07, 6.45) is 4.47. The van der Waals surface area contributed by atoms with Gasteiger partial charge in [-0.3, -0.25) is 4.99 Å². The number of rotatable bonds is 0. The van der Waals surface area contributed by atoms with E-state index < -0.39 is 6.10 Å². The third-order valence-corrected chi connectivity index (χ3v) is 0.873. The number of hydrogen-bond acceptors (Lipinski definition) is 3. The molecule has 8 heavy (non-hydrogen) atoms. The Morgan fingerprint density at radius 3 is 3.50 bits per heavy atom. The van der Waals surface area contributed by atoms with Gasteiger partial charge in [-0.1, -0.05) is 0 Å². The lowest BCUT2D eigenvalue weighted by atomic mass is 10.3. The molecule has 0 saturated carbocycles. The van der Waals surface area contributed by atoms with Gasteiger partial charge >= 0.3 is 0 Å². The number of nitrogens with zero attached hydrogens (tertiary/aromatic N) is 1. The van der Waals surface area contributed by atoms with Crippen LogP contribution in [0.1, 0.15) is 0 Å². The highest BCUT2D eigenvalue weighted by Gasteiger charge is 1.95. The van der Waals surface area contributed by atoms with E-state index in [1.165, 1.54) is 0 Å². The number of aliphatic hydroxyl groups is 1. The molecule has 0 aromatic carbocycles. The molecule has 0 amide bonds. The normalized spacial score (nSPS) is 26.9. The SMILES string of the molecule is O[C@@H]1C=CNC=NC1. The fourth-order valence-corrected chi connectivity index (χ4v) is 0.484. The zero-order valence-electron chi connectivity index (χ0n) is 4.41. The topological polar surface area (TPSA) is 44.6 Å². The van der Waals surface area contributed by atoms with Crippen LogP contribution in [0, 0.1) is 0 Å². The van der Waals surface area contributed by atoms with E-state index in [1.807, 2.05) is 0 Å². The minimum absolute atomic E-state index is 0.416. The maximum Gasteiger partial charge on any atom is 0.0933 e. The van der Waals surface area contributed by atoms with Crippen molar-refractivity contribution < 1.29 is 5.11 Å². The summed E-state index contributed by atoms with van der Waals surface area (Å²) in [5, 5.41) is 11.6. The Kier molecular flexibility index (Phi) is 1.64. The molecule has 1 rings (SSSR count). The van der Waals surface area contributed by atoms with Gasteiger partial charge in [-0.2, -0.15) is 0 Å². The molecule has 2 N–H and O–H groups in total. The van der Waals surface area contributed by atoms with Crippen molar-refractivity contribution in [3.63, 3.8) is 0 Å². The molecule has 1 aliphatic heterocycles. The average Bonchev–Trinajstić information content (AvgIpc) is 1.94. The van der Waals surface area contributed by atoms with Gasteiger partial charge in [0.15, 0.2) is 0 Å². The van der Waals surface area contributed by atoms with Crippen LogP contribution in [0.5, 0.6) is 0 Å². The molecule has 3 nitrogen and oxygen atoms in total. The summed E-state index contributed by atoms with van der Waals surface area (Å²) in [7, 11) is 0. The fraction of sp³-hybridized carbons (Fsp3) is 0.400. The van der Waals surface area contributed by atoms with Gasteiger partial charge in [-0.05, 0) is 6.08 Å². The van der Waals surface area contributed by atoms with E-state index in [4.69, 9.17) is 5.11 Å². The summed E-state index contributed by atoms with van der Waals surface area (Å²) in [6.45, 7) is 0.462. The van der Waals surface area contributed by atoms with Gasteiger partial charge in [0.1, 0.15) is 0 Å². The molecular formula is C5H8N2O. The molecule has 0 unspecified atom stereocenters. The zero-order valence-corrected chi connectivity index (χ0v) is 4.41. The van der Waals surface area contributed by atoms with Gasteiger partial charge in [-0.15, -0.1) is 0 Å². The smallest absolute Gasteiger partial charge is 0.0933 e. The predicted octanol–water partition coefficient (Wildman–Crippen LogP) is -0.508. The number of nitrogens with one attached hydrogen (secondary N) is 1. The van der Waals surface area contributed by atoms with E-state index in [-0.39, 0.29) is 0 Å². The maximum absolute atomic E-state index is 8.85. The number of hydrogen-bond donors (Lipinski definition) is 2. The van der Waals surface area contributed by atoms with Crippen LogP contribution in [0.25, 0.3) is 0 Å². The molecule has 3 heteroatoms. The van der Waals surface area contributed by atoms with Gasteiger partial charge in [0.05, 0.1) is 19.0 Å². The third kappa shape index (κ3) is 1.35. The third-order valence-electron chi connectivity index (χ3n) is 0.873. The highest BCUT2D eigenvalue weighted by molar-refractivity contribution is 5.56. The molecule has 0 fully saturated rings. The lowest BCUT2D eigenvalue weighted by Crippen LogP contribution is -2.04. The first-order valence-corrected chi connectivity index (χ1v) is 2.48. The molecule has 44 valence electrons. The molecule has 1 heterocycles. The van der Waals surface area contributed by atoms with E-state index in [2.05, 4.69) is 10.3 Å². The van der Waals surface area contributed by atoms with Crippen LogP contribution in [-0.2, 0) is 0 Å². The number of aliphatic imine (C=N–C) groups is 1. The van der Waals surface area contributed by atoms with Crippen LogP contribution in [0.4, 0.5) is 0 Å². The molecule has 0 aliphatic carbocycles. The van der Waals surface area contributed by atoms with E-state index >= 15 is 0 Å². The van der Waals surface area contributed by atoms with Crippen LogP contribution in [0.3, 0.4) is 0 Å². The first kappa shape index (κ1) is 5.31. The van der Waals surface area contributed by atoms with Crippen LogP contribution in [-0.4, -0.2) is 24.1 Å². The molecule has 0 aromatic rings. The summed E-state index contributed by atoms with van der Waals surface area (Å²) in [6, 6.07) is 0. The van der Waals surface area contributed by atoms with Crippen molar-refractivity contribution in [2.45, 2.75) is 6.10 Å². The molecular weight excluding hydrogens is 104 g/mol. The summed E-state index contributed by atoms with van der Waals surface area (Å²) >= 11 is 0. The monoisotopic (exact) mass is 112 g/mol. The molecule has 0 radical (unpaired) electrons.